The maximum absolute atomic E-state index is 13.0. The standard InChI is InChI=1S/C19H22FN3O2/c1-22-9-11-23(12-10-22)17-13-16(7-8-18(17)25-2)21-19(24)14-3-5-15(20)6-4-14/h3-8,13H,9-12H2,1-2H3,(H,21,24). The molecular formula is C19H22FN3O2. The molecular weight excluding hydrogens is 321 g/mol. The second-order valence-electron chi connectivity index (χ2n) is 6.14. The van der Waals surface area contributed by atoms with Crippen LogP contribution in [0.3, 0.4) is 0 Å². The molecule has 1 amide bonds. The van der Waals surface area contributed by atoms with Crippen LogP contribution < -0.4 is 15.0 Å². The van der Waals surface area contributed by atoms with Crippen LogP contribution >= 0.6 is 0 Å². The Morgan fingerprint density at radius 3 is 2.40 bits per heavy atom. The fraction of sp³-hybridized carbons (Fsp3) is 0.316. The van der Waals surface area contributed by atoms with Crippen LogP contribution in [-0.4, -0.2) is 51.1 Å². The highest BCUT2D eigenvalue weighted by Gasteiger charge is 2.18. The Labute approximate surface area is 147 Å². The number of hydrogen-bond acceptors (Lipinski definition) is 4. The van der Waals surface area contributed by atoms with E-state index in [0.29, 0.717) is 11.3 Å². The van der Waals surface area contributed by atoms with Crippen molar-refractivity contribution in [1.29, 1.82) is 0 Å². The van der Waals surface area contributed by atoms with Crippen LogP contribution in [-0.2, 0) is 0 Å². The number of ether oxygens (including phenoxy) is 1. The molecule has 2 aromatic carbocycles. The van der Waals surface area contributed by atoms with Gasteiger partial charge in [-0.05, 0) is 49.5 Å². The van der Waals surface area contributed by atoms with Gasteiger partial charge >= 0.3 is 0 Å². The molecule has 0 saturated carbocycles. The molecule has 0 radical (unpaired) electrons. The normalized spacial score (nSPS) is 15.1. The molecule has 6 heteroatoms. The highest BCUT2D eigenvalue weighted by atomic mass is 19.1. The van der Waals surface area contributed by atoms with Gasteiger partial charge in [-0.2, -0.15) is 0 Å². The molecule has 1 saturated heterocycles. The number of piperazine rings is 1. The first-order chi connectivity index (χ1) is 12.1. The number of anilines is 2. The second kappa shape index (κ2) is 7.53. The monoisotopic (exact) mass is 343 g/mol. The van der Waals surface area contributed by atoms with Crippen LogP contribution in [0.25, 0.3) is 0 Å². The Morgan fingerprint density at radius 2 is 1.76 bits per heavy atom. The number of methoxy groups -OCH3 is 1. The van der Waals surface area contributed by atoms with Gasteiger partial charge in [0.2, 0.25) is 0 Å². The van der Waals surface area contributed by atoms with Gasteiger partial charge in [0.25, 0.3) is 5.91 Å². The highest BCUT2D eigenvalue weighted by molar-refractivity contribution is 6.04. The summed E-state index contributed by atoms with van der Waals surface area (Å²) >= 11 is 0. The lowest BCUT2D eigenvalue weighted by Crippen LogP contribution is -2.44. The molecule has 1 fully saturated rings. The van der Waals surface area contributed by atoms with Gasteiger partial charge in [0.05, 0.1) is 12.8 Å². The molecule has 1 aliphatic heterocycles. The van der Waals surface area contributed by atoms with Crippen LogP contribution in [0, 0.1) is 5.82 Å². The average Bonchev–Trinajstić information content (AvgIpc) is 2.63. The summed E-state index contributed by atoms with van der Waals surface area (Å²) in [6.07, 6.45) is 0. The van der Waals surface area contributed by atoms with Crippen molar-refractivity contribution in [3.63, 3.8) is 0 Å². The molecule has 0 bridgehead atoms. The Bertz CT molecular complexity index is 741. The van der Waals surface area contributed by atoms with Crippen molar-refractivity contribution in [3.8, 4) is 5.75 Å². The fourth-order valence-electron chi connectivity index (χ4n) is 2.87. The van der Waals surface area contributed by atoms with Crippen LogP contribution in [0.15, 0.2) is 42.5 Å². The predicted molar refractivity (Wildman–Crippen MR) is 97.1 cm³/mol. The minimum absolute atomic E-state index is 0.269. The van der Waals surface area contributed by atoms with E-state index in [0.717, 1.165) is 37.6 Å². The van der Waals surface area contributed by atoms with E-state index in [1.165, 1.54) is 24.3 Å². The number of hydrogen-bond donors (Lipinski definition) is 1. The van der Waals surface area contributed by atoms with E-state index in [-0.39, 0.29) is 11.7 Å². The molecule has 1 aliphatic rings. The maximum atomic E-state index is 13.0. The first-order valence-electron chi connectivity index (χ1n) is 8.25. The largest absolute Gasteiger partial charge is 0.495 e. The summed E-state index contributed by atoms with van der Waals surface area (Å²) in [5.74, 6) is 0.150. The van der Waals surface area contributed by atoms with Crippen molar-refractivity contribution in [2.24, 2.45) is 0 Å². The van der Waals surface area contributed by atoms with Gasteiger partial charge in [-0.3, -0.25) is 4.79 Å². The highest BCUT2D eigenvalue weighted by Crippen LogP contribution is 2.32. The Balaban J connectivity index is 1.79. The van der Waals surface area contributed by atoms with Crippen molar-refractivity contribution in [2.75, 3.05) is 50.6 Å². The number of carbonyl (C=O) groups is 1. The Hall–Kier alpha value is -2.60. The van der Waals surface area contributed by atoms with Gasteiger partial charge < -0.3 is 19.9 Å². The lowest BCUT2D eigenvalue weighted by atomic mass is 10.2. The lowest BCUT2D eigenvalue weighted by molar-refractivity contribution is 0.102. The second-order valence-corrected chi connectivity index (χ2v) is 6.14. The van der Waals surface area contributed by atoms with Crippen molar-refractivity contribution < 1.29 is 13.9 Å². The molecule has 3 rings (SSSR count). The van der Waals surface area contributed by atoms with Crippen molar-refractivity contribution in [3.05, 3.63) is 53.8 Å². The molecule has 0 aromatic heterocycles. The van der Waals surface area contributed by atoms with Crippen molar-refractivity contribution in [2.45, 2.75) is 0 Å². The van der Waals surface area contributed by atoms with Crippen LogP contribution in [0.4, 0.5) is 15.8 Å². The minimum Gasteiger partial charge on any atom is -0.495 e. The van der Waals surface area contributed by atoms with E-state index in [2.05, 4.69) is 22.2 Å². The quantitative estimate of drug-likeness (QED) is 0.927. The fourth-order valence-corrected chi connectivity index (χ4v) is 2.87. The van der Waals surface area contributed by atoms with Gasteiger partial charge in [-0.1, -0.05) is 0 Å². The summed E-state index contributed by atoms with van der Waals surface area (Å²) in [5, 5.41) is 2.86. The van der Waals surface area contributed by atoms with Crippen molar-refractivity contribution in [1.82, 2.24) is 4.90 Å². The average molecular weight is 343 g/mol. The number of carbonyl (C=O) groups excluding carboxylic acids is 1. The number of nitrogens with zero attached hydrogens (tertiary/aromatic N) is 2. The zero-order chi connectivity index (χ0) is 17.8. The third-order valence-corrected chi connectivity index (χ3v) is 4.39. The van der Waals surface area contributed by atoms with Crippen molar-refractivity contribution >= 4 is 17.3 Å². The Morgan fingerprint density at radius 1 is 1.08 bits per heavy atom. The lowest BCUT2D eigenvalue weighted by Gasteiger charge is -2.34. The first kappa shape index (κ1) is 17.2. The zero-order valence-electron chi connectivity index (χ0n) is 14.5. The zero-order valence-corrected chi connectivity index (χ0v) is 14.5. The third-order valence-electron chi connectivity index (χ3n) is 4.39. The van der Waals surface area contributed by atoms with E-state index in [4.69, 9.17) is 4.74 Å². The first-order valence-corrected chi connectivity index (χ1v) is 8.25. The third kappa shape index (κ3) is 4.09. The summed E-state index contributed by atoms with van der Waals surface area (Å²) in [7, 11) is 3.75. The van der Waals surface area contributed by atoms with Crippen LogP contribution in [0.5, 0.6) is 5.75 Å². The molecule has 132 valence electrons. The molecule has 5 nitrogen and oxygen atoms in total. The van der Waals surface area contributed by atoms with Gasteiger partial charge in [0, 0.05) is 37.4 Å². The summed E-state index contributed by atoms with van der Waals surface area (Å²) in [6, 6.07) is 11.1. The Kier molecular flexibility index (Phi) is 5.19. The summed E-state index contributed by atoms with van der Waals surface area (Å²) in [5.41, 5.74) is 2.06. The number of benzene rings is 2. The van der Waals surface area contributed by atoms with E-state index < -0.39 is 0 Å². The number of amides is 1. The van der Waals surface area contributed by atoms with E-state index in [1.807, 2.05) is 12.1 Å². The summed E-state index contributed by atoms with van der Waals surface area (Å²) in [4.78, 5) is 16.9. The summed E-state index contributed by atoms with van der Waals surface area (Å²) in [6.45, 7) is 3.77. The molecule has 0 aliphatic carbocycles. The predicted octanol–water partition coefficient (Wildman–Crippen LogP) is 2.84. The van der Waals surface area contributed by atoms with E-state index in [1.54, 1.807) is 13.2 Å². The minimum atomic E-state index is -0.363. The number of rotatable bonds is 4. The molecule has 2 aromatic rings. The van der Waals surface area contributed by atoms with Gasteiger partial charge in [0.1, 0.15) is 11.6 Å². The van der Waals surface area contributed by atoms with E-state index >= 15 is 0 Å². The molecule has 0 unspecified atom stereocenters. The van der Waals surface area contributed by atoms with Gasteiger partial charge in [-0.15, -0.1) is 0 Å². The number of halogens is 1. The number of likely N-dealkylation sites (N-methyl/N-ethyl adjacent to an activating group) is 1. The van der Waals surface area contributed by atoms with Gasteiger partial charge in [0.15, 0.2) is 0 Å². The van der Waals surface area contributed by atoms with Crippen LogP contribution in [0.1, 0.15) is 10.4 Å². The van der Waals surface area contributed by atoms with E-state index in [9.17, 15) is 9.18 Å². The summed E-state index contributed by atoms with van der Waals surface area (Å²) < 4.78 is 18.5. The SMILES string of the molecule is COc1ccc(NC(=O)c2ccc(F)cc2)cc1N1CCN(C)CC1. The molecule has 1 heterocycles. The number of nitrogens with one attached hydrogen (secondary N) is 1. The topological polar surface area (TPSA) is 44.8 Å². The smallest absolute Gasteiger partial charge is 0.255 e. The molecule has 1 N–H and O–H groups in total. The van der Waals surface area contributed by atoms with Crippen LogP contribution in [0.2, 0.25) is 0 Å². The molecule has 0 spiro atoms. The van der Waals surface area contributed by atoms with Gasteiger partial charge in [-0.25, -0.2) is 4.39 Å². The molecule has 25 heavy (non-hydrogen) atoms. The maximum Gasteiger partial charge on any atom is 0.255 e. The molecule has 0 atom stereocenters.